The number of phenols is 3. The fourth-order valence-electron chi connectivity index (χ4n) is 5.47. The van der Waals surface area contributed by atoms with Crippen molar-refractivity contribution in [2.24, 2.45) is 0 Å². The minimum absolute atomic E-state index is 0.165. The summed E-state index contributed by atoms with van der Waals surface area (Å²) >= 11 is 0. The summed E-state index contributed by atoms with van der Waals surface area (Å²) in [6.07, 6.45) is 2.34. The number of rotatable bonds is 8. The maximum Gasteiger partial charge on any atom is 0.120 e. The van der Waals surface area contributed by atoms with Gasteiger partial charge < -0.3 is 15.3 Å². The molecule has 0 radical (unpaired) electrons. The highest BCUT2D eigenvalue weighted by molar-refractivity contribution is 5.66. The normalized spacial score (nSPS) is 11.4. The molecular weight excluding hydrogens is 456 g/mol. The number of aromatic hydroxyl groups is 3. The highest BCUT2D eigenvalue weighted by Crippen LogP contribution is 2.51. The monoisotopic (exact) mass is 486 g/mol. The zero-order valence-electron chi connectivity index (χ0n) is 20.6. The molecule has 0 heterocycles. The van der Waals surface area contributed by atoms with E-state index in [4.69, 9.17) is 0 Å². The first kappa shape index (κ1) is 24.2. The van der Waals surface area contributed by atoms with Crippen molar-refractivity contribution in [1.82, 2.24) is 0 Å². The van der Waals surface area contributed by atoms with Crippen molar-refractivity contribution in [3.63, 3.8) is 0 Å². The van der Waals surface area contributed by atoms with E-state index in [1.165, 1.54) is 0 Å². The van der Waals surface area contributed by atoms with Crippen molar-refractivity contribution in [1.29, 1.82) is 0 Å². The van der Waals surface area contributed by atoms with Gasteiger partial charge in [0.25, 0.3) is 0 Å². The lowest BCUT2D eigenvalue weighted by Gasteiger charge is -2.38. The van der Waals surface area contributed by atoms with Gasteiger partial charge in [0.05, 0.1) is 5.41 Å². The predicted octanol–water partition coefficient (Wildman–Crippen LogP) is 7.36. The van der Waals surface area contributed by atoms with Crippen molar-refractivity contribution in [3.8, 4) is 17.2 Å². The summed E-state index contributed by atoms with van der Waals surface area (Å²) in [6, 6.07) is 40.6. The third kappa shape index (κ3) is 4.56. The summed E-state index contributed by atoms with van der Waals surface area (Å²) in [5.41, 5.74) is 4.45. The first-order valence-electron chi connectivity index (χ1n) is 12.6. The second-order valence-electron chi connectivity index (χ2n) is 9.29. The highest BCUT2D eigenvalue weighted by Gasteiger charge is 2.43. The molecular formula is C34H30O3. The summed E-state index contributed by atoms with van der Waals surface area (Å²) in [6.45, 7) is 0. The summed E-state index contributed by atoms with van der Waals surface area (Å²) < 4.78 is 0. The van der Waals surface area contributed by atoms with Gasteiger partial charge in [-0.2, -0.15) is 0 Å². The lowest BCUT2D eigenvalue weighted by Crippen LogP contribution is -2.32. The molecule has 0 amide bonds. The van der Waals surface area contributed by atoms with Crippen LogP contribution in [0.4, 0.5) is 0 Å². The number of aryl methyl sites for hydroxylation is 2. The molecule has 3 nitrogen and oxygen atoms in total. The number of hydrogen-bond donors (Lipinski definition) is 3. The van der Waals surface area contributed by atoms with Crippen LogP contribution in [0, 0.1) is 0 Å². The van der Waals surface area contributed by atoms with Gasteiger partial charge in [-0.3, -0.25) is 0 Å². The molecule has 0 unspecified atom stereocenters. The molecule has 0 fully saturated rings. The van der Waals surface area contributed by atoms with Crippen LogP contribution in [0.5, 0.6) is 17.2 Å². The van der Waals surface area contributed by atoms with Crippen LogP contribution in [0.2, 0.25) is 0 Å². The van der Waals surface area contributed by atoms with Gasteiger partial charge in [0, 0.05) is 11.1 Å². The van der Waals surface area contributed by atoms with E-state index in [1.54, 1.807) is 18.2 Å². The van der Waals surface area contributed by atoms with Crippen LogP contribution in [0.3, 0.4) is 0 Å². The summed E-state index contributed by atoms with van der Waals surface area (Å²) in [4.78, 5) is 0. The molecule has 37 heavy (non-hydrogen) atoms. The van der Waals surface area contributed by atoms with Crippen LogP contribution in [-0.4, -0.2) is 15.3 Å². The fourth-order valence-corrected chi connectivity index (χ4v) is 5.47. The molecule has 0 saturated carbocycles. The van der Waals surface area contributed by atoms with E-state index in [9.17, 15) is 15.3 Å². The standard InChI is InChI=1S/C34H30O3/c35-31-22-9-5-14-26(31)16-12-15-25-13-4-6-19-28(25)34(27-17-2-1-3-18-27,29-20-7-10-23-32(29)36)30-21-8-11-24-33(30)37/h1-11,13-14,17-24,35-37H,12,15-16H2. The Morgan fingerprint density at radius 3 is 1.41 bits per heavy atom. The number of para-hydroxylation sites is 3. The number of benzene rings is 5. The van der Waals surface area contributed by atoms with Gasteiger partial charge in [0.1, 0.15) is 17.2 Å². The largest absolute Gasteiger partial charge is 0.508 e. The average molecular weight is 487 g/mol. The third-order valence-corrected chi connectivity index (χ3v) is 7.13. The molecule has 5 rings (SSSR count). The van der Waals surface area contributed by atoms with E-state index < -0.39 is 5.41 Å². The van der Waals surface area contributed by atoms with E-state index in [1.807, 2.05) is 84.9 Å². The van der Waals surface area contributed by atoms with E-state index in [0.717, 1.165) is 41.5 Å². The molecule has 3 N–H and O–H groups in total. The topological polar surface area (TPSA) is 60.7 Å². The van der Waals surface area contributed by atoms with Crippen LogP contribution in [0.1, 0.15) is 39.8 Å². The molecule has 0 atom stereocenters. The fraction of sp³-hybridized carbons (Fsp3) is 0.118. The maximum atomic E-state index is 11.3. The summed E-state index contributed by atoms with van der Waals surface area (Å²) in [5.74, 6) is 0.648. The zero-order chi connectivity index (χ0) is 25.7. The zero-order valence-corrected chi connectivity index (χ0v) is 20.6. The van der Waals surface area contributed by atoms with Crippen molar-refractivity contribution < 1.29 is 15.3 Å². The van der Waals surface area contributed by atoms with Crippen molar-refractivity contribution in [2.45, 2.75) is 24.7 Å². The van der Waals surface area contributed by atoms with Gasteiger partial charge in [0.2, 0.25) is 0 Å². The Morgan fingerprint density at radius 2 is 0.838 bits per heavy atom. The molecule has 5 aromatic rings. The summed E-state index contributed by atoms with van der Waals surface area (Å²) in [5, 5.41) is 32.8. The predicted molar refractivity (Wildman–Crippen MR) is 148 cm³/mol. The minimum Gasteiger partial charge on any atom is -0.508 e. The molecule has 0 aliphatic carbocycles. The molecule has 0 aliphatic heterocycles. The second kappa shape index (κ2) is 10.6. The average Bonchev–Trinajstić information content (AvgIpc) is 2.93. The van der Waals surface area contributed by atoms with Crippen LogP contribution >= 0.6 is 0 Å². The van der Waals surface area contributed by atoms with Gasteiger partial charge in [0.15, 0.2) is 0 Å². The smallest absolute Gasteiger partial charge is 0.120 e. The van der Waals surface area contributed by atoms with Crippen LogP contribution in [-0.2, 0) is 18.3 Å². The van der Waals surface area contributed by atoms with Crippen molar-refractivity contribution in [2.75, 3.05) is 0 Å². The second-order valence-corrected chi connectivity index (χ2v) is 9.29. The Balaban J connectivity index is 1.73. The molecule has 184 valence electrons. The van der Waals surface area contributed by atoms with Gasteiger partial charge >= 0.3 is 0 Å². The molecule has 0 aliphatic rings. The van der Waals surface area contributed by atoms with Gasteiger partial charge in [-0.25, -0.2) is 0 Å². The molecule has 0 spiro atoms. The van der Waals surface area contributed by atoms with Gasteiger partial charge in [-0.05, 0) is 59.7 Å². The Kier molecular flexibility index (Phi) is 6.96. The lowest BCUT2D eigenvalue weighted by atomic mass is 9.63. The van der Waals surface area contributed by atoms with Crippen LogP contribution < -0.4 is 0 Å². The van der Waals surface area contributed by atoms with E-state index in [-0.39, 0.29) is 11.5 Å². The van der Waals surface area contributed by atoms with Gasteiger partial charge in [-0.1, -0.05) is 109 Å². The maximum absolute atomic E-state index is 11.3. The van der Waals surface area contributed by atoms with Crippen LogP contribution in [0.25, 0.3) is 0 Å². The van der Waals surface area contributed by atoms with E-state index >= 15 is 0 Å². The first-order valence-corrected chi connectivity index (χ1v) is 12.6. The van der Waals surface area contributed by atoms with Crippen molar-refractivity contribution in [3.05, 3.63) is 161 Å². The van der Waals surface area contributed by atoms with Crippen molar-refractivity contribution >= 4 is 0 Å². The highest BCUT2D eigenvalue weighted by atomic mass is 16.3. The van der Waals surface area contributed by atoms with E-state index in [0.29, 0.717) is 16.9 Å². The number of phenolic OH excluding ortho intramolecular Hbond substituents is 3. The molecule has 3 heteroatoms. The summed E-state index contributed by atoms with van der Waals surface area (Å²) in [7, 11) is 0. The SMILES string of the molecule is Oc1ccccc1CCCc1ccccc1C(c1ccccc1)(c1ccccc1O)c1ccccc1O. The Morgan fingerprint density at radius 1 is 0.405 bits per heavy atom. The Bertz CT molecular complexity index is 1440. The van der Waals surface area contributed by atoms with Crippen LogP contribution in [0.15, 0.2) is 127 Å². The Hall–Kier alpha value is -4.50. The first-order chi connectivity index (χ1) is 18.1. The molecule has 5 aromatic carbocycles. The van der Waals surface area contributed by atoms with Gasteiger partial charge in [-0.15, -0.1) is 0 Å². The van der Waals surface area contributed by atoms with E-state index in [2.05, 4.69) is 24.3 Å². The number of hydrogen-bond acceptors (Lipinski definition) is 3. The molecule has 0 bridgehead atoms. The molecule has 0 saturated heterocycles. The quantitative estimate of drug-likeness (QED) is 0.201. The third-order valence-electron chi connectivity index (χ3n) is 7.13. The molecule has 0 aromatic heterocycles. The lowest BCUT2D eigenvalue weighted by molar-refractivity contribution is 0.446. The minimum atomic E-state index is -0.955. The Labute approximate surface area is 218 Å².